The molecule has 0 saturated carbocycles. The van der Waals surface area contributed by atoms with E-state index >= 15 is 0 Å². The first-order chi connectivity index (χ1) is 11.7. The molecule has 2 aromatic carbocycles. The van der Waals surface area contributed by atoms with Crippen molar-refractivity contribution >= 4 is 0 Å². The molecule has 0 aliphatic heterocycles. The van der Waals surface area contributed by atoms with Gasteiger partial charge in [-0.25, -0.2) is 0 Å². The second-order valence-electron chi connectivity index (χ2n) is 5.19. The number of nitrogens with zero attached hydrogens (tertiary/aromatic N) is 2. The molecular weight excluding hydrogens is 308 g/mol. The van der Waals surface area contributed by atoms with Crippen molar-refractivity contribution in [1.29, 1.82) is 0 Å². The lowest BCUT2D eigenvalue weighted by Gasteiger charge is -2.07. The number of aryl methyl sites for hydroxylation is 1. The van der Waals surface area contributed by atoms with E-state index in [-0.39, 0.29) is 6.61 Å². The number of ether oxygens (including phenoxy) is 3. The first kappa shape index (κ1) is 15.9. The van der Waals surface area contributed by atoms with E-state index in [0.717, 1.165) is 16.9 Å². The summed E-state index contributed by atoms with van der Waals surface area (Å²) in [6.07, 6.45) is 0. The Bertz CT molecular complexity index is 829. The molecule has 3 rings (SSSR count). The minimum Gasteiger partial charge on any atom is -0.493 e. The Morgan fingerprint density at radius 1 is 1.00 bits per heavy atom. The Balaban J connectivity index is 1.73. The van der Waals surface area contributed by atoms with Crippen LogP contribution in [0, 0.1) is 6.92 Å². The maximum absolute atomic E-state index is 5.66. The second kappa shape index (κ2) is 7.04. The number of hydrogen-bond acceptors (Lipinski definition) is 6. The summed E-state index contributed by atoms with van der Waals surface area (Å²) in [5.74, 6) is 2.89. The van der Waals surface area contributed by atoms with Crippen LogP contribution >= 0.6 is 0 Å². The molecule has 124 valence electrons. The molecule has 1 aromatic heterocycles. The average molecular weight is 326 g/mol. The van der Waals surface area contributed by atoms with Gasteiger partial charge < -0.3 is 18.7 Å². The van der Waals surface area contributed by atoms with Crippen molar-refractivity contribution in [3.8, 4) is 28.6 Å². The maximum Gasteiger partial charge on any atom is 0.264 e. The Hall–Kier alpha value is -3.02. The predicted octanol–water partition coefficient (Wildman–Crippen LogP) is 3.64. The highest BCUT2D eigenvalue weighted by Crippen LogP contribution is 2.31. The van der Waals surface area contributed by atoms with E-state index in [0.29, 0.717) is 23.2 Å². The summed E-state index contributed by atoms with van der Waals surface area (Å²) >= 11 is 0. The van der Waals surface area contributed by atoms with Crippen molar-refractivity contribution in [2.75, 3.05) is 14.2 Å². The highest BCUT2D eigenvalue weighted by atomic mass is 16.5. The van der Waals surface area contributed by atoms with Gasteiger partial charge in [-0.1, -0.05) is 17.3 Å². The molecule has 0 aliphatic carbocycles. The Labute approximate surface area is 140 Å². The van der Waals surface area contributed by atoms with Crippen LogP contribution in [0.15, 0.2) is 47.0 Å². The average Bonchev–Trinajstić information content (AvgIpc) is 3.08. The van der Waals surface area contributed by atoms with Crippen molar-refractivity contribution in [2.24, 2.45) is 0 Å². The summed E-state index contributed by atoms with van der Waals surface area (Å²) in [4.78, 5) is 4.35. The molecule has 0 spiro atoms. The molecule has 24 heavy (non-hydrogen) atoms. The van der Waals surface area contributed by atoms with Crippen LogP contribution in [0.25, 0.3) is 11.4 Å². The fourth-order valence-electron chi connectivity index (χ4n) is 2.26. The monoisotopic (exact) mass is 326 g/mol. The van der Waals surface area contributed by atoms with Gasteiger partial charge in [-0.15, -0.1) is 0 Å². The largest absolute Gasteiger partial charge is 0.493 e. The number of methoxy groups -OCH3 is 2. The SMILES string of the molecule is COc1ccc(-c2noc(COc3cccc(C)c3)n2)cc1OC. The zero-order valence-electron chi connectivity index (χ0n) is 13.8. The Morgan fingerprint density at radius 2 is 1.83 bits per heavy atom. The van der Waals surface area contributed by atoms with Crippen LogP contribution in [0.3, 0.4) is 0 Å². The second-order valence-corrected chi connectivity index (χ2v) is 5.19. The number of rotatable bonds is 6. The van der Waals surface area contributed by atoms with Crippen LogP contribution in [-0.2, 0) is 6.61 Å². The highest BCUT2D eigenvalue weighted by molar-refractivity contribution is 5.60. The number of hydrogen-bond donors (Lipinski definition) is 0. The van der Waals surface area contributed by atoms with Gasteiger partial charge in [0.25, 0.3) is 5.89 Å². The lowest BCUT2D eigenvalue weighted by molar-refractivity contribution is 0.243. The van der Waals surface area contributed by atoms with Crippen molar-refractivity contribution < 1.29 is 18.7 Å². The molecule has 3 aromatic rings. The fourth-order valence-corrected chi connectivity index (χ4v) is 2.26. The van der Waals surface area contributed by atoms with Crippen LogP contribution in [0.4, 0.5) is 0 Å². The van der Waals surface area contributed by atoms with Crippen molar-refractivity contribution in [3.05, 3.63) is 53.9 Å². The van der Waals surface area contributed by atoms with Gasteiger partial charge in [0, 0.05) is 5.56 Å². The van der Waals surface area contributed by atoms with Gasteiger partial charge >= 0.3 is 0 Å². The maximum atomic E-state index is 5.66. The van der Waals surface area contributed by atoms with E-state index in [4.69, 9.17) is 18.7 Å². The van der Waals surface area contributed by atoms with Gasteiger partial charge in [0.1, 0.15) is 5.75 Å². The van der Waals surface area contributed by atoms with Gasteiger partial charge in [-0.3, -0.25) is 0 Å². The first-order valence-electron chi connectivity index (χ1n) is 7.44. The predicted molar refractivity (Wildman–Crippen MR) is 88.3 cm³/mol. The van der Waals surface area contributed by atoms with Crippen molar-refractivity contribution in [1.82, 2.24) is 10.1 Å². The zero-order chi connectivity index (χ0) is 16.9. The molecule has 6 nitrogen and oxygen atoms in total. The third-order valence-corrected chi connectivity index (χ3v) is 3.46. The molecule has 0 atom stereocenters. The minimum atomic E-state index is 0.212. The Morgan fingerprint density at radius 3 is 2.58 bits per heavy atom. The van der Waals surface area contributed by atoms with Crippen LogP contribution in [0.1, 0.15) is 11.5 Å². The van der Waals surface area contributed by atoms with E-state index < -0.39 is 0 Å². The molecule has 6 heteroatoms. The summed E-state index contributed by atoms with van der Waals surface area (Å²) in [5, 5.41) is 3.98. The minimum absolute atomic E-state index is 0.212. The third kappa shape index (κ3) is 3.48. The molecular formula is C18H18N2O4. The number of benzene rings is 2. The molecule has 0 bridgehead atoms. The van der Waals surface area contributed by atoms with Crippen molar-refractivity contribution in [3.63, 3.8) is 0 Å². The van der Waals surface area contributed by atoms with Gasteiger partial charge in [-0.2, -0.15) is 4.98 Å². The first-order valence-corrected chi connectivity index (χ1v) is 7.44. The van der Waals surface area contributed by atoms with Gasteiger partial charge in [0.2, 0.25) is 5.82 Å². The summed E-state index contributed by atoms with van der Waals surface area (Å²) in [6, 6.07) is 13.2. The van der Waals surface area contributed by atoms with Gasteiger partial charge in [-0.05, 0) is 42.8 Å². The van der Waals surface area contributed by atoms with E-state index in [2.05, 4.69) is 10.1 Å². The summed E-state index contributed by atoms with van der Waals surface area (Å²) in [6.45, 7) is 2.22. The lowest BCUT2D eigenvalue weighted by atomic mass is 10.2. The zero-order valence-corrected chi connectivity index (χ0v) is 13.8. The summed E-state index contributed by atoms with van der Waals surface area (Å²) in [7, 11) is 3.17. The summed E-state index contributed by atoms with van der Waals surface area (Å²) in [5.41, 5.74) is 1.90. The van der Waals surface area contributed by atoms with Crippen LogP contribution in [0.5, 0.6) is 17.2 Å². The molecule has 0 fully saturated rings. The molecule has 0 aliphatic rings. The van der Waals surface area contributed by atoms with Gasteiger partial charge in [0.15, 0.2) is 18.1 Å². The quantitative estimate of drug-likeness (QED) is 0.689. The Kier molecular flexibility index (Phi) is 4.65. The molecule has 0 N–H and O–H groups in total. The molecule has 0 amide bonds. The molecule has 0 saturated heterocycles. The smallest absolute Gasteiger partial charge is 0.264 e. The van der Waals surface area contributed by atoms with Crippen LogP contribution < -0.4 is 14.2 Å². The topological polar surface area (TPSA) is 66.6 Å². The number of aromatic nitrogens is 2. The molecule has 0 radical (unpaired) electrons. The normalized spacial score (nSPS) is 10.5. The fraction of sp³-hybridized carbons (Fsp3) is 0.222. The van der Waals surface area contributed by atoms with Crippen LogP contribution in [-0.4, -0.2) is 24.4 Å². The van der Waals surface area contributed by atoms with Gasteiger partial charge in [0.05, 0.1) is 14.2 Å². The van der Waals surface area contributed by atoms with Crippen LogP contribution in [0.2, 0.25) is 0 Å². The molecule has 0 unspecified atom stereocenters. The molecule has 1 heterocycles. The van der Waals surface area contributed by atoms with E-state index in [1.165, 1.54) is 0 Å². The summed E-state index contributed by atoms with van der Waals surface area (Å²) < 4.78 is 21.4. The lowest BCUT2D eigenvalue weighted by Crippen LogP contribution is -1.96. The van der Waals surface area contributed by atoms with E-state index in [9.17, 15) is 0 Å². The van der Waals surface area contributed by atoms with E-state index in [1.807, 2.05) is 37.3 Å². The highest BCUT2D eigenvalue weighted by Gasteiger charge is 2.12. The van der Waals surface area contributed by atoms with E-state index in [1.54, 1.807) is 26.4 Å². The third-order valence-electron chi connectivity index (χ3n) is 3.46. The standard InChI is InChI=1S/C18H18N2O4/c1-12-5-4-6-14(9-12)23-11-17-19-18(20-24-17)13-7-8-15(21-2)16(10-13)22-3/h4-10H,11H2,1-3H3. The van der Waals surface area contributed by atoms with Crippen molar-refractivity contribution in [2.45, 2.75) is 13.5 Å².